The van der Waals surface area contributed by atoms with Crippen LogP contribution in [-0.2, 0) is 0 Å². The molecule has 4 nitrogen and oxygen atoms in total. The van der Waals surface area contributed by atoms with Crippen molar-refractivity contribution in [3.05, 3.63) is 60.1 Å². The SMILES string of the molecule is O=C(NCCC(O)c1ccco1)c1ccccc1. The summed E-state index contributed by atoms with van der Waals surface area (Å²) in [4.78, 5) is 11.7. The van der Waals surface area contributed by atoms with Gasteiger partial charge in [0.1, 0.15) is 11.9 Å². The van der Waals surface area contributed by atoms with E-state index in [2.05, 4.69) is 5.32 Å². The van der Waals surface area contributed by atoms with E-state index in [0.717, 1.165) is 0 Å². The van der Waals surface area contributed by atoms with E-state index < -0.39 is 6.10 Å². The van der Waals surface area contributed by atoms with E-state index in [0.29, 0.717) is 24.3 Å². The lowest BCUT2D eigenvalue weighted by molar-refractivity contribution is 0.0936. The number of nitrogens with one attached hydrogen (secondary N) is 1. The fraction of sp³-hybridized carbons (Fsp3) is 0.214. The zero-order valence-electron chi connectivity index (χ0n) is 9.87. The molecule has 0 aliphatic carbocycles. The molecule has 0 saturated heterocycles. The molecule has 0 aliphatic heterocycles. The topological polar surface area (TPSA) is 62.5 Å². The first-order valence-corrected chi connectivity index (χ1v) is 5.82. The van der Waals surface area contributed by atoms with Gasteiger partial charge in [0, 0.05) is 12.1 Å². The highest BCUT2D eigenvalue weighted by molar-refractivity contribution is 5.94. The van der Waals surface area contributed by atoms with E-state index in [9.17, 15) is 9.90 Å². The third kappa shape index (κ3) is 3.21. The van der Waals surface area contributed by atoms with Crippen molar-refractivity contribution >= 4 is 5.91 Å². The van der Waals surface area contributed by atoms with Gasteiger partial charge in [-0.15, -0.1) is 0 Å². The van der Waals surface area contributed by atoms with Crippen LogP contribution < -0.4 is 5.32 Å². The predicted molar refractivity (Wildman–Crippen MR) is 67.1 cm³/mol. The monoisotopic (exact) mass is 245 g/mol. The standard InChI is InChI=1S/C14H15NO3/c16-12(13-7-4-10-18-13)8-9-15-14(17)11-5-2-1-3-6-11/h1-7,10,12,16H,8-9H2,(H,15,17). The quantitative estimate of drug-likeness (QED) is 0.848. The van der Waals surface area contributed by atoms with E-state index in [1.54, 1.807) is 24.3 Å². The summed E-state index contributed by atoms with van der Waals surface area (Å²) in [5.41, 5.74) is 0.616. The summed E-state index contributed by atoms with van der Waals surface area (Å²) < 4.78 is 5.07. The first-order chi connectivity index (χ1) is 8.77. The third-order valence-electron chi connectivity index (χ3n) is 2.61. The number of carbonyl (C=O) groups excluding carboxylic acids is 1. The van der Waals surface area contributed by atoms with Crippen molar-refractivity contribution in [1.82, 2.24) is 5.32 Å². The molecule has 18 heavy (non-hydrogen) atoms. The van der Waals surface area contributed by atoms with Gasteiger partial charge in [-0.2, -0.15) is 0 Å². The second-order valence-electron chi connectivity index (χ2n) is 3.94. The van der Waals surface area contributed by atoms with E-state index in [4.69, 9.17) is 4.42 Å². The van der Waals surface area contributed by atoms with Crippen molar-refractivity contribution in [2.75, 3.05) is 6.54 Å². The Morgan fingerprint density at radius 2 is 2.00 bits per heavy atom. The van der Waals surface area contributed by atoms with Crippen LogP contribution in [0.5, 0.6) is 0 Å². The van der Waals surface area contributed by atoms with Crippen LogP contribution in [0.15, 0.2) is 53.1 Å². The van der Waals surface area contributed by atoms with E-state index >= 15 is 0 Å². The summed E-state index contributed by atoms with van der Waals surface area (Å²) in [7, 11) is 0. The minimum Gasteiger partial charge on any atom is -0.467 e. The number of carbonyl (C=O) groups is 1. The maximum absolute atomic E-state index is 11.7. The number of aliphatic hydroxyl groups excluding tert-OH is 1. The molecule has 94 valence electrons. The van der Waals surface area contributed by atoms with Crippen molar-refractivity contribution in [3.8, 4) is 0 Å². The van der Waals surface area contributed by atoms with Gasteiger partial charge in [-0.3, -0.25) is 4.79 Å². The minimum atomic E-state index is -0.684. The number of hydrogen-bond donors (Lipinski definition) is 2. The zero-order valence-corrected chi connectivity index (χ0v) is 9.87. The van der Waals surface area contributed by atoms with Gasteiger partial charge in [0.05, 0.1) is 6.26 Å². The van der Waals surface area contributed by atoms with Crippen LogP contribution in [0.4, 0.5) is 0 Å². The van der Waals surface area contributed by atoms with Gasteiger partial charge in [0.25, 0.3) is 5.91 Å². The maximum atomic E-state index is 11.7. The number of benzene rings is 1. The van der Waals surface area contributed by atoms with Crippen LogP contribution in [-0.4, -0.2) is 17.6 Å². The van der Waals surface area contributed by atoms with Crippen LogP contribution in [0.3, 0.4) is 0 Å². The minimum absolute atomic E-state index is 0.137. The Morgan fingerprint density at radius 3 is 2.67 bits per heavy atom. The fourth-order valence-electron chi connectivity index (χ4n) is 1.64. The molecule has 1 atom stereocenters. The van der Waals surface area contributed by atoms with Gasteiger partial charge in [-0.05, 0) is 30.7 Å². The fourth-order valence-corrected chi connectivity index (χ4v) is 1.64. The molecule has 4 heteroatoms. The number of furan rings is 1. The number of hydrogen-bond acceptors (Lipinski definition) is 3. The summed E-state index contributed by atoms with van der Waals surface area (Å²) in [6.07, 6.45) is 1.25. The molecule has 1 aromatic carbocycles. The highest BCUT2D eigenvalue weighted by Crippen LogP contribution is 2.15. The molecule has 0 saturated carbocycles. The van der Waals surface area contributed by atoms with Gasteiger partial charge in [0.15, 0.2) is 0 Å². The lowest BCUT2D eigenvalue weighted by Crippen LogP contribution is -2.25. The molecule has 1 unspecified atom stereocenters. The smallest absolute Gasteiger partial charge is 0.251 e. The van der Waals surface area contributed by atoms with Crippen LogP contribution in [0.25, 0.3) is 0 Å². The predicted octanol–water partition coefficient (Wildman–Crippen LogP) is 2.13. The summed E-state index contributed by atoms with van der Waals surface area (Å²) in [5, 5.41) is 12.5. The van der Waals surface area contributed by atoms with Gasteiger partial charge in [-0.1, -0.05) is 18.2 Å². The second kappa shape index (κ2) is 6.02. The van der Waals surface area contributed by atoms with Crippen molar-refractivity contribution < 1.29 is 14.3 Å². The van der Waals surface area contributed by atoms with Gasteiger partial charge in [0.2, 0.25) is 0 Å². The Balaban J connectivity index is 1.77. The average molecular weight is 245 g/mol. The second-order valence-corrected chi connectivity index (χ2v) is 3.94. The number of aliphatic hydroxyl groups is 1. The van der Waals surface area contributed by atoms with Crippen molar-refractivity contribution in [2.45, 2.75) is 12.5 Å². The molecule has 1 amide bonds. The lowest BCUT2D eigenvalue weighted by Gasteiger charge is -2.08. The van der Waals surface area contributed by atoms with E-state index in [1.165, 1.54) is 6.26 Å². The normalized spacial score (nSPS) is 12.1. The van der Waals surface area contributed by atoms with Crippen LogP contribution >= 0.6 is 0 Å². The highest BCUT2D eigenvalue weighted by Gasteiger charge is 2.11. The van der Waals surface area contributed by atoms with Gasteiger partial charge >= 0.3 is 0 Å². The zero-order chi connectivity index (χ0) is 12.8. The summed E-state index contributed by atoms with van der Waals surface area (Å²) in [6, 6.07) is 12.4. The molecule has 0 radical (unpaired) electrons. The molecule has 2 N–H and O–H groups in total. The molecule has 0 fully saturated rings. The van der Waals surface area contributed by atoms with E-state index in [-0.39, 0.29) is 5.91 Å². The lowest BCUT2D eigenvalue weighted by atomic mass is 10.2. The van der Waals surface area contributed by atoms with Gasteiger partial charge in [-0.25, -0.2) is 0 Å². The Bertz CT molecular complexity index is 479. The van der Waals surface area contributed by atoms with Crippen LogP contribution in [0.1, 0.15) is 28.6 Å². The molecule has 0 aliphatic rings. The largest absolute Gasteiger partial charge is 0.467 e. The third-order valence-corrected chi connectivity index (χ3v) is 2.61. The Morgan fingerprint density at radius 1 is 1.22 bits per heavy atom. The maximum Gasteiger partial charge on any atom is 0.251 e. The Kier molecular flexibility index (Phi) is 4.15. The summed E-state index contributed by atoms with van der Waals surface area (Å²) in [6.45, 7) is 0.398. The number of amides is 1. The molecule has 2 rings (SSSR count). The van der Waals surface area contributed by atoms with Crippen molar-refractivity contribution in [2.24, 2.45) is 0 Å². The first kappa shape index (κ1) is 12.4. The summed E-state index contributed by atoms with van der Waals surface area (Å²) in [5.74, 6) is 0.381. The van der Waals surface area contributed by atoms with Gasteiger partial charge < -0.3 is 14.8 Å². The molecular formula is C14H15NO3. The molecular weight excluding hydrogens is 230 g/mol. The average Bonchev–Trinajstić information content (AvgIpc) is 2.93. The highest BCUT2D eigenvalue weighted by atomic mass is 16.4. The number of rotatable bonds is 5. The van der Waals surface area contributed by atoms with Crippen molar-refractivity contribution in [1.29, 1.82) is 0 Å². The van der Waals surface area contributed by atoms with Crippen LogP contribution in [0.2, 0.25) is 0 Å². The Labute approximate surface area is 105 Å². The molecule has 0 spiro atoms. The molecule has 0 bridgehead atoms. The molecule has 2 aromatic rings. The molecule has 1 heterocycles. The Hall–Kier alpha value is -2.07. The van der Waals surface area contributed by atoms with Crippen LogP contribution in [0, 0.1) is 0 Å². The first-order valence-electron chi connectivity index (χ1n) is 5.82. The van der Waals surface area contributed by atoms with Crippen molar-refractivity contribution in [3.63, 3.8) is 0 Å². The van der Waals surface area contributed by atoms with E-state index in [1.807, 2.05) is 18.2 Å². The molecule has 1 aromatic heterocycles. The summed E-state index contributed by atoms with van der Waals surface area (Å²) >= 11 is 0.